The predicted molar refractivity (Wildman–Crippen MR) is 83.3 cm³/mol. The first-order chi connectivity index (χ1) is 10.4. The number of pyridine rings is 1. The van der Waals surface area contributed by atoms with Crippen molar-refractivity contribution in [2.45, 2.75) is 6.04 Å². The summed E-state index contributed by atoms with van der Waals surface area (Å²) in [6, 6.07) is 25.1. The summed E-state index contributed by atoms with van der Waals surface area (Å²) in [6.45, 7) is 0. The van der Waals surface area contributed by atoms with E-state index in [0.29, 0.717) is 0 Å². The summed E-state index contributed by atoms with van der Waals surface area (Å²) in [5, 5.41) is 0. The van der Waals surface area contributed by atoms with E-state index >= 15 is 0 Å². The standard InChI is InChI=1S/C19H18NO/c1-21-18-12-10-17(11-13-18)19(16-8-4-2-5-9-16)20-14-6-3-7-15-20/h2-15,19H,1H3/q+1. The van der Waals surface area contributed by atoms with Crippen LogP contribution in [0.3, 0.4) is 0 Å². The van der Waals surface area contributed by atoms with Crippen LogP contribution in [-0.4, -0.2) is 7.11 Å². The molecule has 1 heterocycles. The van der Waals surface area contributed by atoms with Crippen LogP contribution in [-0.2, 0) is 0 Å². The Kier molecular flexibility index (Phi) is 3.97. The number of methoxy groups -OCH3 is 1. The lowest BCUT2D eigenvalue weighted by molar-refractivity contribution is -0.704. The molecule has 2 heteroatoms. The fraction of sp³-hybridized carbons (Fsp3) is 0.105. The zero-order valence-corrected chi connectivity index (χ0v) is 12.0. The number of benzene rings is 2. The first-order valence-electron chi connectivity index (χ1n) is 7.03. The number of rotatable bonds is 4. The van der Waals surface area contributed by atoms with Crippen molar-refractivity contribution >= 4 is 0 Å². The maximum atomic E-state index is 5.25. The molecule has 3 rings (SSSR count). The van der Waals surface area contributed by atoms with Crippen LogP contribution in [0.25, 0.3) is 0 Å². The molecule has 1 atom stereocenters. The van der Waals surface area contributed by atoms with Crippen molar-refractivity contribution in [2.75, 3.05) is 7.11 Å². The Morgan fingerprint density at radius 3 is 1.90 bits per heavy atom. The second-order valence-electron chi connectivity index (χ2n) is 4.91. The van der Waals surface area contributed by atoms with E-state index in [1.807, 2.05) is 24.3 Å². The molecule has 1 aromatic heterocycles. The van der Waals surface area contributed by atoms with Crippen molar-refractivity contribution in [1.29, 1.82) is 0 Å². The molecule has 0 aliphatic heterocycles. The summed E-state index contributed by atoms with van der Waals surface area (Å²) < 4.78 is 7.47. The minimum atomic E-state index is 0.165. The first kappa shape index (κ1) is 13.4. The Morgan fingerprint density at radius 1 is 0.714 bits per heavy atom. The van der Waals surface area contributed by atoms with Crippen molar-refractivity contribution < 1.29 is 9.30 Å². The van der Waals surface area contributed by atoms with E-state index in [4.69, 9.17) is 4.74 Å². The first-order valence-corrected chi connectivity index (χ1v) is 7.03. The van der Waals surface area contributed by atoms with Crippen LogP contribution in [0.2, 0.25) is 0 Å². The summed E-state index contributed by atoms with van der Waals surface area (Å²) in [6.07, 6.45) is 4.20. The van der Waals surface area contributed by atoms with Crippen LogP contribution < -0.4 is 9.30 Å². The molecular weight excluding hydrogens is 258 g/mol. The molecule has 0 bridgehead atoms. The third-order valence-corrected chi connectivity index (χ3v) is 3.58. The van der Waals surface area contributed by atoms with Gasteiger partial charge in [-0.25, -0.2) is 0 Å². The topological polar surface area (TPSA) is 13.1 Å². The molecule has 0 spiro atoms. The van der Waals surface area contributed by atoms with E-state index in [2.05, 4.69) is 65.5 Å². The molecule has 1 unspecified atom stereocenters. The van der Waals surface area contributed by atoms with Crippen LogP contribution in [0.5, 0.6) is 5.75 Å². The Hall–Kier alpha value is -2.61. The highest BCUT2D eigenvalue weighted by Gasteiger charge is 2.22. The van der Waals surface area contributed by atoms with Gasteiger partial charge in [-0.2, -0.15) is 4.57 Å². The van der Waals surface area contributed by atoms with Gasteiger partial charge in [-0.15, -0.1) is 0 Å². The fourth-order valence-electron chi connectivity index (χ4n) is 2.54. The quantitative estimate of drug-likeness (QED) is 0.663. The van der Waals surface area contributed by atoms with E-state index in [1.54, 1.807) is 7.11 Å². The van der Waals surface area contributed by atoms with Crippen LogP contribution >= 0.6 is 0 Å². The third-order valence-electron chi connectivity index (χ3n) is 3.58. The lowest BCUT2D eigenvalue weighted by atomic mass is 9.98. The summed E-state index contributed by atoms with van der Waals surface area (Å²) >= 11 is 0. The van der Waals surface area contributed by atoms with Gasteiger partial charge in [0.05, 0.1) is 7.11 Å². The summed E-state index contributed by atoms with van der Waals surface area (Å²) in [5.41, 5.74) is 2.50. The highest BCUT2D eigenvalue weighted by molar-refractivity contribution is 5.33. The lowest BCUT2D eigenvalue weighted by Gasteiger charge is -2.13. The molecule has 0 N–H and O–H groups in total. The van der Waals surface area contributed by atoms with E-state index in [0.717, 1.165) is 5.75 Å². The molecule has 21 heavy (non-hydrogen) atoms. The van der Waals surface area contributed by atoms with E-state index < -0.39 is 0 Å². The third kappa shape index (κ3) is 2.95. The molecule has 0 saturated heterocycles. The van der Waals surface area contributed by atoms with Gasteiger partial charge < -0.3 is 4.74 Å². The normalized spacial score (nSPS) is 11.9. The molecule has 0 aliphatic rings. The van der Waals surface area contributed by atoms with Gasteiger partial charge in [0.25, 0.3) is 0 Å². The maximum absolute atomic E-state index is 5.25. The number of aromatic nitrogens is 1. The van der Waals surface area contributed by atoms with Crippen LogP contribution in [0.4, 0.5) is 0 Å². The van der Waals surface area contributed by atoms with Crippen molar-refractivity contribution in [3.05, 3.63) is 96.3 Å². The van der Waals surface area contributed by atoms with Crippen molar-refractivity contribution in [2.24, 2.45) is 0 Å². The fourth-order valence-corrected chi connectivity index (χ4v) is 2.54. The van der Waals surface area contributed by atoms with Gasteiger partial charge in [-0.3, -0.25) is 0 Å². The maximum Gasteiger partial charge on any atom is 0.208 e. The number of hydrogen-bond donors (Lipinski definition) is 0. The van der Waals surface area contributed by atoms with Gasteiger partial charge in [-0.1, -0.05) is 36.4 Å². The van der Waals surface area contributed by atoms with Crippen molar-refractivity contribution in [3.63, 3.8) is 0 Å². The highest BCUT2D eigenvalue weighted by Crippen LogP contribution is 2.23. The van der Waals surface area contributed by atoms with E-state index in [9.17, 15) is 0 Å². The minimum absolute atomic E-state index is 0.165. The average Bonchev–Trinajstić information content (AvgIpc) is 2.58. The molecule has 0 amide bonds. The van der Waals surface area contributed by atoms with E-state index in [-0.39, 0.29) is 6.04 Å². The predicted octanol–water partition coefficient (Wildman–Crippen LogP) is 3.62. The molecule has 104 valence electrons. The molecule has 2 nitrogen and oxygen atoms in total. The zero-order chi connectivity index (χ0) is 14.5. The Labute approximate surface area is 125 Å². The van der Waals surface area contributed by atoms with E-state index in [1.165, 1.54) is 11.1 Å². The van der Waals surface area contributed by atoms with Gasteiger partial charge in [0.15, 0.2) is 12.4 Å². The summed E-state index contributed by atoms with van der Waals surface area (Å²) in [4.78, 5) is 0. The van der Waals surface area contributed by atoms with Crippen LogP contribution in [0.1, 0.15) is 17.2 Å². The molecule has 3 aromatic rings. The molecule has 0 fully saturated rings. The van der Waals surface area contributed by atoms with Crippen LogP contribution in [0.15, 0.2) is 85.2 Å². The monoisotopic (exact) mass is 276 g/mol. The number of nitrogens with zero attached hydrogens (tertiary/aromatic N) is 1. The lowest BCUT2D eigenvalue weighted by Crippen LogP contribution is -2.39. The molecule has 0 aliphatic carbocycles. The average molecular weight is 276 g/mol. The van der Waals surface area contributed by atoms with Gasteiger partial charge in [0.1, 0.15) is 5.75 Å². The molecule has 0 saturated carbocycles. The molecular formula is C19H18NO+. The van der Waals surface area contributed by atoms with Gasteiger partial charge >= 0.3 is 0 Å². The summed E-state index contributed by atoms with van der Waals surface area (Å²) in [7, 11) is 1.69. The number of hydrogen-bond acceptors (Lipinski definition) is 1. The SMILES string of the molecule is COc1ccc(C(c2ccccc2)[n+]2ccccc2)cc1. The Bertz CT molecular complexity index is 638. The highest BCUT2D eigenvalue weighted by atomic mass is 16.5. The Balaban J connectivity index is 2.07. The van der Waals surface area contributed by atoms with Gasteiger partial charge in [-0.05, 0) is 24.3 Å². The second kappa shape index (κ2) is 6.23. The smallest absolute Gasteiger partial charge is 0.208 e. The van der Waals surface area contributed by atoms with Crippen molar-refractivity contribution in [3.8, 4) is 5.75 Å². The van der Waals surface area contributed by atoms with Gasteiger partial charge in [0.2, 0.25) is 6.04 Å². The molecule has 2 aromatic carbocycles. The van der Waals surface area contributed by atoms with Gasteiger partial charge in [0, 0.05) is 23.3 Å². The Morgan fingerprint density at radius 2 is 1.29 bits per heavy atom. The summed E-state index contributed by atoms with van der Waals surface area (Å²) in [5.74, 6) is 0.878. The molecule has 0 radical (unpaired) electrons. The minimum Gasteiger partial charge on any atom is -0.497 e. The zero-order valence-electron chi connectivity index (χ0n) is 12.0. The van der Waals surface area contributed by atoms with Crippen LogP contribution in [0, 0.1) is 0 Å². The number of ether oxygens (including phenoxy) is 1. The second-order valence-corrected chi connectivity index (χ2v) is 4.91. The van der Waals surface area contributed by atoms with Crippen molar-refractivity contribution in [1.82, 2.24) is 0 Å². The largest absolute Gasteiger partial charge is 0.497 e.